The Morgan fingerprint density at radius 3 is 1.48 bits per heavy atom. The topological polar surface area (TPSA) is 147 Å². The number of nitrogens with zero attached hydrogens (tertiary/aromatic N) is 9. The molecular formula is C58H77N9O8. The summed E-state index contributed by atoms with van der Waals surface area (Å²) in [5.74, 6) is 3.88. The SMILES string of the molecule is CC(C)Oc1ccccc1N1CCN(CC2CC(C(=O)N3CCC(Oc4ccccn4)CC3)=NO2)CC1.COc1ccccc1C1CCN(C(=O)C2=NOC(CN3CCN(c4ccccc4OC(C)C)CC3)C2)CC1. The molecule has 0 spiro atoms. The molecule has 0 bridgehead atoms. The first-order chi connectivity index (χ1) is 36.6. The maximum atomic E-state index is 13.2. The molecular weight excluding hydrogens is 951 g/mol. The van der Waals surface area contributed by atoms with Gasteiger partial charge in [-0.3, -0.25) is 19.4 Å². The summed E-state index contributed by atoms with van der Waals surface area (Å²) in [7, 11) is 1.72. The zero-order valence-electron chi connectivity index (χ0n) is 44.6. The maximum Gasteiger partial charge on any atom is 0.271 e. The second-order valence-corrected chi connectivity index (χ2v) is 20.9. The number of carbonyl (C=O) groups excluding carboxylic acids is 2. The third kappa shape index (κ3) is 14.2. The summed E-state index contributed by atoms with van der Waals surface area (Å²) in [6.07, 6.45) is 6.53. The van der Waals surface area contributed by atoms with Gasteiger partial charge in [-0.15, -0.1) is 0 Å². The van der Waals surface area contributed by atoms with Crippen molar-refractivity contribution in [3.05, 3.63) is 103 Å². The number of methoxy groups -OCH3 is 1. The van der Waals surface area contributed by atoms with Crippen LogP contribution in [0.2, 0.25) is 0 Å². The number of pyridine rings is 1. The van der Waals surface area contributed by atoms with Gasteiger partial charge in [0.25, 0.3) is 11.8 Å². The average molecular weight is 1030 g/mol. The minimum atomic E-state index is -0.0768. The van der Waals surface area contributed by atoms with Gasteiger partial charge in [-0.2, -0.15) is 0 Å². The van der Waals surface area contributed by atoms with E-state index in [4.69, 9.17) is 28.6 Å². The average Bonchev–Trinajstić information content (AvgIpc) is 4.12. The number of likely N-dealkylation sites (tertiary alicyclic amines) is 2. The van der Waals surface area contributed by atoms with Crippen LogP contribution in [0.5, 0.6) is 23.1 Å². The predicted molar refractivity (Wildman–Crippen MR) is 292 cm³/mol. The van der Waals surface area contributed by atoms with Crippen LogP contribution in [0.4, 0.5) is 11.4 Å². The number of rotatable bonds is 16. The van der Waals surface area contributed by atoms with Crippen LogP contribution >= 0.6 is 0 Å². The molecule has 0 N–H and O–H groups in total. The monoisotopic (exact) mass is 1030 g/mol. The highest BCUT2D eigenvalue weighted by Gasteiger charge is 2.36. The summed E-state index contributed by atoms with van der Waals surface area (Å²) in [5.41, 5.74) is 4.64. The number of aromatic nitrogens is 1. The van der Waals surface area contributed by atoms with Gasteiger partial charge in [-0.05, 0) is 88.4 Å². The number of para-hydroxylation sites is 5. The summed E-state index contributed by atoms with van der Waals surface area (Å²) in [4.78, 5) is 55.3. The first kappa shape index (κ1) is 53.2. The standard InChI is InChI=1S/C30H40N4O4.C28H37N5O4/c1-22(2)37-29-11-7-5-9-27(29)33-18-16-32(17-19-33)21-24-20-26(31-38-24)30(35)34-14-12-23(13-15-34)25-8-4-6-10-28(25)36-3;1-21(2)35-26-8-4-3-7-25(26)32-17-15-31(16-18-32)20-23-19-24(30-37-23)28(34)33-13-10-22(11-14-33)36-27-9-5-6-12-29-27/h4-11,22-24H,12-21H2,1-3H3;3-9,12,21-23H,10-11,13-20H2,1-2H3. The second-order valence-electron chi connectivity index (χ2n) is 20.9. The molecule has 3 aromatic carbocycles. The van der Waals surface area contributed by atoms with Gasteiger partial charge >= 0.3 is 0 Å². The number of piperazine rings is 2. The van der Waals surface area contributed by atoms with Crippen molar-refractivity contribution in [2.75, 3.05) is 109 Å². The van der Waals surface area contributed by atoms with Crippen molar-refractivity contribution in [2.45, 2.75) is 103 Å². The molecule has 17 nitrogen and oxygen atoms in total. The van der Waals surface area contributed by atoms with E-state index < -0.39 is 0 Å². The van der Waals surface area contributed by atoms with Gasteiger partial charge in [-0.25, -0.2) is 4.98 Å². The molecule has 75 heavy (non-hydrogen) atoms. The van der Waals surface area contributed by atoms with Crippen molar-refractivity contribution in [3.63, 3.8) is 0 Å². The number of hydrogen-bond acceptors (Lipinski definition) is 15. The molecule has 1 aromatic heterocycles. The maximum absolute atomic E-state index is 13.2. The highest BCUT2D eigenvalue weighted by molar-refractivity contribution is 6.39. The largest absolute Gasteiger partial charge is 0.496 e. The van der Waals surface area contributed by atoms with E-state index in [1.807, 2.05) is 64.4 Å². The van der Waals surface area contributed by atoms with Gasteiger partial charge < -0.3 is 48.2 Å². The van der Waals surface area contributed by atoms with E-state index in [2.05, 4.69) is 99.0 Å². The Labute approximate surface area is 443 Å². The summed E-state index contributed by atoms with van der Waals surface area (Å²) in [6, 6.07) is 30.4. The molecule has 402 valence electrons. The van der Waals surface area contributed by atoms with E-state index in [1.165, 1.54) is 5.56 Å². The normalized spacial score (nSPS) is 20.9. The van der Waals surface area contributed by atoms with Gasteiger partial charge in [0.05, 0.1) is 30.7 Å². The van der Waals surface area contributed by atoms with Crippen molar-refractivity contribution in [1.29, 1.82) is 0 Å². The Morgan fingerprint density at radius 1 is 0.560 bits per heavy atom. The van der Waals surface area contributed by atoms with Crippen LogP contribution in [0.1, 0.15) is 77.7 Å². The predicted octanol–water partition coefficient (Wildman–Crippen LogP) is 7.36. The van der Waals surface area contributed by atoms with E-state index in [0.717, 1.165) is 133 Å². The Bertz CT molecular complexity index is 2530. The Balaban J connectivity index is 0.000000184. The van der Waals surface area contributed by atoms with Gasteiger partial charge in [0.2, 0.25) is 5.88 Å². The number of piperidine rings is 2. The van der Waals surface area contributed by atoms with Gasteiger partial charge in [0, 0.05) is 130 Å². The minimum absolute atomic E-state index is 0.00892. The highest BCUT2D eigenvalue weighted by Crippen LogP contribution is 2.35. The fourth-order valence-electron chi connectivity index (χ4n) is 10.9. The number of oxime groups is 2. The van der Waals surface area contributed by atoms with Crippen LogP contribution in [0.15, 0.2) is 108 Å². The van der Waals surface area contributed by atoms with Crippen molar-refractivity contribution in [3.8, 4) is 23.1 Å². The van der Waals surface area contributed by atoms with Crippen LogP contribution in [-0.4, -0.2) is 177 Å². The first-order valence-electron chi connectivity index (χ1n) is 27.3. The lowest BCUT2D eigenvalue weighted by Crippen LogP contribution is -2.49. The molecule has 0 aliphatic carbocycles. The first-order valence-corrected chi connectivity index (χ1v) is 27.3. The number of hydrogen-bond donors (Lipinski definition) is 0. The zero-order valence-corrected chi connectivity index (χ0v) is 44.6. The Hall–Kier alpha value is -6.59. The zero-order chi connectivity index (χ0) is 52.1. The van der Waals surface area contributed by atoms with E-state index in [9.17, 15) is 9.59 Å². The molecule has 0 radical (unpaired) electrons. The molecule has 17 heteroatoms. The molecule has 4 aromatic rings. The molecule has 2 amide bonds. The number of benzene rings is 3. The lowest BCUT2D eigenvalue weighted by Gasteiger charge is -2.37. The summed E-state index contributed by atoms with van der Waals surface area (Å²) < 4.78 is 23.5. The quantitative estimate of drug-likeness (QED) is 0.110. The molecule has 4 saturated heterocycles. The smallest absolute Gasteiger partial charge is 0.271 e. The van der Waals surface area contributed by atoms with E-state index in [-0.39, 0.29) is 42.3 Å². The van der Waals surface area contributed by atoms with Crippen LogP contribution in [0.3, 0.4) is 0 Å². The van der Waals surface area contributed by atoms with Gasteiger partial charge in [-0.1, -0.05) is 58.8 Å². The van der Waals surface area contributed by atoms with Crippen LogP contribution in [0, 0.1) is 0 Å². The number of anilines is 2. The minimum Gasteiger partial charge on any atom is -0.496 e. The lowest BCUT2D eigenvalue weighted by atomic mass is 9.88. The second kappa shape index (κ2) is 25.8. The fraction of sp³-hybridized carbons (Fsp3) is 0.534. The van der Waals surface area contributed by atoms with E-state index in [0.29, 0.717) is 49.2 Å². The van der Waals surface area contributed by atoms with E-state index in [1.54, 1.807) is 13.3 Å². The van der Waals surface area contributed by atoms with Crippen molar-refractivity contribution >= 4 is 34.6 Å². The number of amides is 2. The molecule has 2 unspecified atom stereocenters. The molecule has 10 rings (SSSR count). The Morgan fingerprint density at radius 2 is 1.01 bits per heavy atom. The van der Waals surface area contributed by atoms with Gasteiger partial charge in [0.15, 0.2) is 0 Å². The van der Waals surface area contributed by atoms with Crippen LogP contribution in [-0.2, 0) is 19.3 Å². The summed E-state index contributed by atoms with van der Waals surface area (Å²) >= 11 is 0. The van der Waals surface area contributed by atoms with Gasteiger partial charge in [0.1, 0.15) is 47.0 Å². The van der Waals surface area contributed by atoms with Crippen molar-refractivity contribution in [1.82, 2.24) is 24.6 Å². The highest BCUT2D eigenvalue weighted by atomic mass is 16.6. The molecule has 4 fully saturated rings. The lowest BCUT2D eigenvalue weighted by molar-refractivity contribution is -0.126. The summed E-state index contributed by atoms with van der Waals surface area (Å²) in [6.45, 7) is 20.0. The molecule has 0 saturated carbocycles. The summed E-state index contributed by atoms with van der Waals surface area (Å²) in [5, 5.41) is 8.39. The molecule has 2 atom stereocenters. The number of carbonyl (C=O) groups is 2. The van der Waals surface area contributed by atoms with Crippen LogP contribution < -0.4 is 28.7 Å². The fourth-order valence-corrected chi connectivity index (χ4v) is 10.9. The van der Waals surface area contributed by atoms with Crippen LogP contribution in [0.25, 0.3) is 0 Å². The van der Waals surface area contributed by atoms with Crippen molar-refractivity contribution < 1.29 is 38.2 Å². The molecule has 6 aliphatic rings. The van der Waals surface area contributed by atoms with Crippen molar-refractivity contribution in [2.24, 2.45) is 10.3 Å². The third-order valence-corrected chi connectivity index (χ3v) is 14.8. The molecule has 6 aliphatic heterocycles. The Kier molecular flexibility index (Phi) is 18.3. The number of ether oxygens (including phenoxy) is 4. The third-order valence-electron chi connectivity index (χ3n) is 14.8. The molecule has 7 heterocycles. The van der Waals surface area contributed by atoms with E-state index >= 15 is 0 Å².